The average molecular weight is 285 g/mol. The summed E-state index contributed by atoms with van der Waals surface area (Å²) in [5, 5.41) is 9.64. The fourth-order valence-electron chi connectivity index (χ4n) is 2.94. The van der Waals surface area contributed by atoms with Crippen molar-refractivity contribution in [2.45, 2.75) is 32.2 Å². The molecule has 1 unspecified atom stereocenters. The first-order valence-corrected chi connectivity index (χ1v) is 7.77. The van der Waals surface area contributed by atoms with E-state index in [9.17, 15) is 0 Å². The highest BCUT2D eigenvalue weighted by Crippen LogP contribution is 2.31. The van der Waals surface area contributed by atoms with Crippen molar-refractivity contribution in [1.82, 2.24) is 15.1 Å². The monoisotopic (exact) mass is 285 g/mol. The molecule has 0 saturated carbocycles. The highest BCUT2D eigenvalue weighted by atomic mass is 16.5. The molecule has 0 aliphatic carbocycles. The number of aromatic nitrogens is 2. The highest BCUT2D eigenvalue weighted by Gasteiger charge is 2.23. The maximum atomic E-state index is 5.55. The molecule has 4 nitrogen and oxygen atoms in total. The van der Waals surface area contributed by atoms with E-state index in [4.69, 9.17) is 9.84 Å². The highest BCUT2D eigenvalue weighted by molar-refractivity contribution is 5.82. The Hall–Kier alpha value is -1.81. The Morgan fingerprint density at radius 2 is 2.24 bits per heavy atom. The molecule has 3 rings (SSSR count). The molecule has 1 N–H and O–H groups in total. The lowest BCUT2D eigenvalue weighted by Crippen LogP contribution is -2.26. The number of hydrogen-bond donors (Lipinski definition) is 1. The second-order valence-corrected chi connectivity index (χ2v) is 5.58. The molecule has 0 radical (unpaired) electrons. The first-order valence-electron chi connectivity index (χ1n) is 7.77. The molecule has 1 aromatic heterocycles. The van der Waals surface area contributed by atoms with Crippen LogP contribution in [0, 0.1) is 0 Å². The van der Waals surface area contributed by atoms with Gasteiger partial charge < -0.3 is 10.1 Å². The molecule has 1 atom stereocenters. The number of para-hydroxylation sites is 1. The van der Waals surface area contributed by atoms with E-state index in [1.54, 1.807) is 0 Å². The fourth-order valence-corrected chi connectivity index (χ4v) is 2.94. The molecular formula is C17H23N3O. The van der Waals surface area contributed by atoms with Gasteiger partial charge >= 0.3 is 0 Å². The van der Waals surface area contributed by atoms with Gasteiger partial charge in [-0.05, 0) is 37.4 Å². The zero-order chi connectivity index (χ0) is 14.7. The van der Waals surface area contributed by atoms with Crippen molar-refractivity contribution in [3.05, 3.63) is 41.8 Å². The van der Waals surface area contributed by atoms with Crippen LogP contribution in [0.25, 0.3) is 10.9 Å². The van der Waals surface area contributed by atoms with Crippen molar-refractivity contribution in [2.24, 2.45) is 7.05 Å². The van der Waals surface area contributed by atoms with E-state index in [1.807, 2.05) is 18.0 Å². The standard InChI is InChI=1S/C17H23N3O/c1-3-10-18-16(13-7-6-11-21-12-13)17-14-8-4-5-9-15(14)20(2)19-17/h4-5,8-9,12,16,18H,3,6-7,10-11H2,1-2H3. The third-order valence-electron chi connectivity index (χ3n) is 3.99. The Kier molecular flexibility index (Phi) is 4.25. The van der Waals surface area contributed by atoms with E-state index in [1.165, 1.54) is 16.5 Å². The minimum absolute atomic E-state index is 0.149. The van der Waals surface area contributed by atoms with Crippen molar-refractivity contribution >= 4 is 10.9 Å². The third-order valence-corrected chi connectivity index (χ3v) is 3.99. The predicted molar refractivity (Wildman–Crippen MR) is 85.0 cm³/mol. The Morgan fingerprint density at radius 3 is 3.00 bits per heavy atom. The van der Waals surface area contributed by atoms with Gasteiger partial charge in [-0.15, -0.1) is 0 Å². The SMILES string of the molecule is CCCNC(C1=COCCC1)c1nn(C)c2ccccc12. The van der Waals surface area contributed by atoms with Crippen molar-refractivity contribution in [3.63, 3.8) is 0 Å². The van der Waals surface area contributed by atoms with E-state index in [-0.39, 0.29) is 6.04 Å². The van der Waals surface area contributed by atoms with Crippen LogP contribution in [0.1, 0.15) is 37.9 Å². The van der Waals surface area contributed by atoms with E-state index in [0.717, 1.165) is 38.1 Å². The van der Waals surface area contributed by atoms with E-state index >= 15 is 0 Å². The number of aryl methyl sites for hydroxylation is 1. The minimum atomic E-state index is 0.149. The van der Waals surface area contributed by atoms with E-state index in [2.05, 4.69) is 36.5 Å². The second-order valence-electron chi connectivity index (χ2n) is 5.58. The number of benzene rings is 1. The number of ether oxygens (including phenoxy) is 1. The lowest BCUT2D eigenvalue weighted by Gasteiger charge is -2.23. The van der Waals surface area contributed by atoms with Gasteiger partial charge in [0.1, 0.15) is 0 Å². The Labute approximate surface area is 125 Å². The van der Waals surface area contributed by atoms with Gasteiger partial charge in [-0.3, -0.25) is 4.68 Å². The van der Waals surface area contributed by atoms with Gasteiger partial charge in [0.2, 0.25) is 0 Å². The summed E-state index contributed by atoms with van der Waals surface area (Å²) in [6, 6.07) is 8.56. The fraction of sp³-hybridized carbons (Fsp3) is 0.471. The van der Waals surface area contributed by atoms with Crippen LogP contribution in [-0.4, -0.2) is 22.9 Å². The maximum absolute atomic E-state index is 5.55. The molecule has 1 aromatic carbocycles. The molecule has 0 bridgehead atoms. The molecule has 0 spiro atoms. The maximum Gasteiger partial charge on any atom is 0.0915 e. The van der Waals surface area contributed by atoms with Gasteiger partial charge in [0.05, 0.1) is 30.1 Å². The lowest BCUT2D eigenvalue weighted by molar-refractivity contribution is 0.219. The first-order chi connectivity index (χ1) is 10.3. The summed E-state index contributed by atoms with van der Waals surface area (Å²) >= 11 is 0. The van der Waals surface area contributed by atoms with Crippen molar-refractivity contribution in [3.8, 4) is 0 Å². The Morgan fingerprint density at radius 1 is 1.38 bits per heavy atom. The van der Waals surface area contributed by atoms with Gasteiger partial charge in [0.25, 0.3) is 0 Å². The van der Waals surface area contributed by atoms with E-state index in [0.29, 0.717) is 0 Å². The summed E-state index contributed by atoms with van der Waals surface area (Å²) in [5.41, 5.74) is 3.59. The zero-order valence-corrected chi connectivity index (χ0v) is 12.8. The van der Waals surface area contributed by atoms with Crippen LogP contribution in [0.4, 0.5) is 0 Å². The molecule has 0 amide bonds. The van der Waals surface area contributed by atoms with Crippen LogP contribution in [0.5, 0.6) is 0 Å². The van der Waals surface area contributed by atoms with Crippen LogP contribution in [0.3, 0.4) is 0 Å². The van der Waals surface area contributed by atoms with Crippen LogP contribution in [0.2, 0.25) is 0 Å². The molecule has 2 heterocycles. The largest absolute Gasteiger partial charge is 0.501 e. The molecule has 112 valence electrons. The summed E-state index contributed by atoms with van der Waals surface area (Å²) in [6.45, 7) is 3.99. The number of hydrogen-bond acceptors (Lipinski definition) is 3. The first kappa shape index (κ1) is 14.1. The second kappa shape index (κ2) is 6.31. The number of nitrogens with zero attached hydrogens (tertiary/aromatic N) is 2. The summed E-state index contributed by atoms with van der Waals surface area (Å²) in [6.07, 6.45) is 5.20. The van der Waals surface area contributed by atoms with E-state index < -0.39 is 0 Å². The molecule has 0 saturated heterocycles. The summed E-state index contributed by atoms with van der Waals surface area (Å²) in [7, 11) is 2.01. The molecule has 4 heteroatoms. The number of nitrogens with one attached hydrogen (secondary N) is 1. The molecule has 1 aliphatic heterocycles. The molecule has 2 aromatic rings. The van der Waals surface area contributed by atoms with Crippen molar-refractivity contribution < 1.29 is 4.74 Å². The van der Waals surface area contributed by atoms with Gasteiger partial charge in [0.15, 0.2) is 0 Å². The Balaban J connectivity index is 2.03. The predicted octanol–water partition coefficient (Wildman–Crippen LogP) is 3.31. The third kappa shape index (κ3) is 2.81. The number of rotatable bonds is 5. The topological polar surface area (TPSA) is 39.1 Å². The summed E-state index contributed by atoms with van der Waals surface area (Å²) in [4.78, 5) is 0. The van der Waals surface area contributed by atoms with Gasteiger partial charge in [0, 0.05) is 12.4 Å². The van der Waals surface area contributed by atoms with Crippen LogP contribution in [0.15, 0.2) is 36.1 Å². The molecule has 1 aliphatic rings. The van der Waals surface area contributed by atoms with Crippen LogP contribution >= 0.6 is 0 Å². The van der Waals surface area contributed by atoms with Crippen LogP contribution < -0.4 is 5.32 Å². The van der Waals surface area contributed by atoms with Gasteiger partial charge in [-0.25, -0.2) is 0 Å². The molecular weight excluding hydrogens is 262 g/mol. The Bertz CT molecular complexity index is 645. The smallest absolute Gasteiger partial charge is 0.0915 e. The normalized spacial score (nSPS) is 16.6. The van der Waals surface area contributed by atoms with Gasteiger partial charge in [-0.2, -0.15) is 5.10 Å². The van der Waals surface area contributed by atoms with Crippen molar-refractivity contribution in [2.75, 3.05) is 13.2 Å². The molecule has 21 heavy (non-hydrogen) atoms. The van der Waals surface area contributed by atoms with Crippen LogP contribution in [-0.2, 0) is 11.8 Å². The average Bonchev–Trinajstić information content (AvgIpc) is 2.87. The number of fused-ring (bicyclic) bond motifs is 1. The zero-order valence-electron chi connectivity index (χ0n) is 12.8. The van der Waals surface area contributed by atoms with Gasteiger partial charge in [-0.1, -0.05) is 25.1 Å². The molecule has 0 fully saturated rings. The summed E-state index contributed by atoms with van der Waals surface area (Å²) < 4.78 is 7.51. The van der Waals surface area contributed by atoms with Crippen molar-refractivity contribution in [1.29, 1.82) is 0 Å². The summed E-state index contributed by atoms with van der Waals surface area (Å²) in [5.74, 6) is 0. The lowest BCUT2D eigenvalue weighted by atomic mass is 9.97. The minimum Gasteiger partial charge on any atom is -0.501 e. The quantitative estimate of drug-likeness (QED) is 0.916.